The van der Waals surface area contributed by atoms with E-state index >= 15 is 0 Å². The molecule has 2 heterocycles. The van der Waals surface area contributed by atoms with E-state index in [9.17, 15) is 13.2 Å². The molecule has 9 heteroatoms. The van der Waals surface area contributed by atoms with Gasteiger partial charge in [-0.3, -0.25) is 4.79 Å². The fourth-order valence-corrected chi connectivity index (χ4v) is 7.26. The lowest BCUT2D eigenvalue weighted by molar-refractivity contribution is -0.146. The summed E-state index contributed by atoms with van der Waals surface area (Å²) >= 11 is 7.74. The van der Waals surface area contributed by atoms with Crippen molar-refractivity contribution in [1.82, 2.24) is 4.31 Å². The summed E-state index contributed by atoms with van der Waals surface area (Å²) in [5, 5.41) is 9.15. The Morgan fingerprint density at radius 1 is 1.53 bits per heavy atom. The Kier molecular flexibility index (Phi) is 4.14. The van der Waals surface area contributed by atoms with Crippen molar-refractivity contribution in [2.24, 2.45) is 5.41 Å². The Morgan fingerprint density at radius 3 is 2.58 bits per heavy atom. The molecule has 1 N–H and O–H groups in total. The number of aliphatic carboxylic acids is 1. The fraction of sp³-hybridized carbons (Fsp3) is 0.500. The van der Waals surface area contributed by atoms with E-state index in [1.54, 1.807) is 6.92 Å². The van der Waals surface area contributed by atoms with Crippen LogP contribution in [-0.4, -0.2) is 36.9 Å². The minimum atomic E-state index is -3.65. The molecule has 1 fully saturated rings. The molecular weight excluding hydrogens is 422 g/mol. The number of carboxylic acid groups (broad SMARTS) is 1. The van der Waals surface area contributed by atoms with Crippen LogP contribution >= 0.6 is 43.2 Å². The van der Waals surface area contributed by atoms with Gasteiger partial charge >= 0.3 is 5.97 Å². The van der Waals surface area contributed by atoms with Crippen LogP contribution in [0.25, 0.3) is 0 Å². The first kappa shape index (κ1) is 15.4. The Bertz CT molecular complexity index is 627. The van der Waals surface area contributed by atoms with Crippen LogP contribution in [0.3, 0.4) is 0 Å². The molecule has 1 aromatic heterocycles. The second-order valence-corrected chi connectivity index (χ2v) is 10.3. The number of hydrogen-bond donors (Lipinski definition) is 1. The summed E-state index contributed by atoms with van der Waals surface area (Å²) in [6.07, 6.45) is 0.324. The van der Waals surface area contributed by atoms with Crippen molar-refractivity contribution in [3.05, 3.63) is 13.6 Å². The van der Waals surface area contributed by atoms with Crippen LogP contribution in [0.4, 0.5) is 0 Å². The average Bonchev–Trinajstić information content (AvgIpc) is 2.84. The monoisotopic (exact) mass is 431 g/mol. The van der Waals surface area contributed by atoms with Crippen LogP contribution in [-0.2, 0) is 14.8 Å². The number of hydrogen-bond acceptors (Lipinski definition) is 4. The van der Waals surface area contributed by atoms with Crippen molar-refractivity contribution in [2.75, 3.05) is 13.1 Å². The number of rotatable bonds is 3. The number of nitrogens with zero attached hydrogens (tertiary/aromatic N) is 1. The molecule has 1 aliphatic heterocycles. The van der Waals surface area contributed by atoms with Gasteiger partial charge in [0.15, 0.2) is 0 Å². The van der Waals surface area contributed by atoms with Gasteiger partial charge in [0.05, 0.1) is 13.0 Å². The molecule has 0 amide bonds. The van der Waals surface area contributed by atoms with Crippen molar-refractivity contribution in [3.63, 3.8) is 0 Å². The van der Waals surface area contributed by atoms with Gasteiger partial charge in [-0.25, -0.2) is 8.42 Å². The van der Waals surface area contributed by atoms with E-state index in [0.29, 0.717) is 14.0 Å². The summed E-state index contributed by atoms with van der Waals surface area (Å²) < 4.78 is 27.4. The van der Waals surface area contributed by atoms with Crippen LogP contribution < -0.4 is 0 Å². The molecule has 0 aliphatic carbocycles. The molecule has 106 valence electrons. The van der Waals surface area contributed by atoms with Gasteiger partial charge in [0.25, 0.3) is 0 Å². The van der Waals surface area contributed by atoms with Gasteiger partial charge < -0.3 is 5.11 Å². The largest absolute Gasteiger partial charge is 0.481 e. The van der Waals surface area contributed by atoms with E-state index in [1.165, 1.54) is 21.7 Å². The number of sulfonamides is 1. The number of halogens is 2. The first-order chi connectivity index (χ1) is 8.67. The standard InChI is InChI=1S/C10H11Br2NO4S2/c1-10(9(14)15)2-3-13(5-10)19(16,17)6-4-7(11)18-8(6)12/h4H,2-3,5H2,1H3,(H,14,15). The van der Waals surface area contributed by atoms with Gasteiger partial charge in [-0.2, -0.15) is 4.31 Å². The molecular formula is C10H11Br2NO4S2. The topological polar surface area (TPSA) is 74.7 Å². The van der Waals surface area contributed by atoms with E-state index in [0.717, 1.165) is 0 Å². The van der Waals surface area contributed by atoms with Crippen LogP contribution in [0.2, 0.25) is 0 Å². The van der Waals surface area contributed by atoms with E-state index in [2.05, 4.69) is 31.9 Å². The van der Waals surface area contributed by atoms with Crippen LogP contribution in [0.1, 0.15) is 13.3 Å². The second kappa shape index (κ2) is 5.10. The molecule has 1 saturated heterocycles. The smallest absolute Gasteiger partial charge is 0.310 e. The van der Waals surface area contributed by atoms with Gasteiger partial charge in [0.1, 0.15) is 4.90 Å². The lowest BCUT2D eigenvalue weighted by atomic mass is 9.90. The molecule has 5 nitrogen and oxygen atoms in total. The van der Waals surface area contributed by atoms with E-state index < -0.39 is 21.4 Å². The molecule has 2 rings (SSSR count). The summed E-state index contributed by atoms with van der Waals surface area (Å²) in [7, 11) is -3.65. The van der Waals surface area contributed by atoms with Gasteiger partial charge in [-0.15, -0.1) is 11.3 Å². The third-order valence-corrected chi connectivity index (χ3v) is 7.80. The zero-order valence-corrected chi connectivity index (χ0v) is 14.7. The molecule has 1 unspecified atom stereocenters. The van der Waals surface area contributed by atoms with E-state index in [1.807, 2.05) is 0 Å². The maximum atomic E-state index is 12.5. The van der Waals surface area contributed by atoms with Crippen molar-refractivity contribution < 1.29 is 18.3 Å². The van der Waals surface area contributed by atoms with Crippen LogP contribution in [0, 0.1) is 5.41 Å². The molecule has 1 atom stereocenters. The number of carbonyl (C=O) groups is 1. The third kappa shape index (κ3) is 2.76. The molecule has 1 aliphatic rings. The summed E-state index contributed by atoms with van der Waals surface area (Å²) in [6, 6.07) is 1.53. The summed E-state index contributed by atoms with van der Waals surface area (Å²) in [6.45, 7) is 1.80. The number of carboxylic acids is 1. The molecule has 0 saturated carbocycles. The minimum absolute atomic E-state index is 0.00454. The maximum absolute atomic E-state index is 12.5. The fourth-order valence-electron chi connectivity index (χ4n) is 1.94. The SMILES string of the molecule is CC1(C(=O)O)CCN(S(=O)(=O)c2cc(Br)sc2Br)C1. The van der Waals surface area contributed by atoms with Crippen molar-refractivity contribution in [2.45, 2.75) is 18.2 Å². The predicted molar refractivity (Wildman–Crippen MR) is 78.8 cm³/mol. The highest BCUT2D eigenvalue weighted by Crippen LogP contribution is 2.39. The molecule has 0 bridgehead atoms. The Morgan fingerprint density at radius 2 is 2.16 bits per heavy atom. The summed E-state index contributed by atoms with van der Waals surface area (Å²) in [5.41, 5.74) is -1.01. The Hall–Kier alpha value is 0.0400. The van der Waals surface area contributed by atoms with Gasteiger partial charge in [-0.1, -0.05) is 0 Å². The second-order valence-electron chi connectivity index (χ2n) is 4.64. The predicted octanol–water partition coefficient (Wildman–Crippen LogP) is 2.76. The maximum Gasteiger partial charge on any atom is 0.310 e. The van der Waals surface area contributed by atoms with Crippen molar-refractivity contribution in [3.8, 4) is 0 Å². The average molecular weight is 433 g/mol. The van der Waals surface area contributed by atoms with Crippen LogP contribution in [0.15, 0.2) is 18.5 Å². The highest BCUT2D eigenvalue weighted by molar-refractivity contribution is 9.12. The molecule has 19 heavy (non-hydrogen) atoms. The van der Waals surface area contributed by atoms with Gasteiger partial charge in [0, 0.05) is 13.1 Å². The first-order valence-electron chi connectivity index (χ1n) is 5.35. The third-order valence-electron chi connectivity index (χ3n) is 3.20. The molecule has 0 spiro atoms. The Balaban J connectivity index is 2.33. The quantitative estimate of drug-likeness (QED) is 0.796. The zero-order chi connectivity index (χ0) is 14.4. The Labute approximate surface area is 131 Å². The highest BCUT2D eigenvalue weighted by atomic mass is 79.9. The van der Waals surface area contributed by atoms with Gasteiger partial charge in [-0.05, 0) is 51.3 Å². The van der Waals surface area contributed by atoms with E-state index in [-0.39, 0.29) is 18.0 Å². The normalized spacial score (nSPS) is 24.8. The van der Waals surface area contributed by atoms with E-state index in [4.69, 9.17) is 5.11 Å². The van der Waals surface area contributed by atoms with Crippen molar-refractivity contribution in [1.29, 1.82) is 0 Å². The minimum Gasteiger partial charge on any atom is -0.481 e. The lowest BCUT2D eigenvalue weighted by Gasteiger charge is -2.19. The summed E-state index contributed by atoms with van der Waals surface area (Å²) in [5.74, 6) is -0.962. The highest BCUT2D eigenvalue weighted by Gasteiger charge is 2.45. The number of thiophene rings is 1. The summed E-state index contributed by atoms with van der Waals surface area (Å²) in [4.78, 5) is 11.3. The van der Waals surface area contributed by atoms with Crippen molar-refractivity contribution >= 4 is 59.2 Å². The van der Waals surface area contributed by atoms with Crippen LogP contribution in [0.5, 0.6) is 0 Å². The molecule has 1 aromatic rings. The lowest BCUT2D eigenvalue weighted by Crippen LogP contribution is -2.34. The first-order valence-corrected chi connectivity index (χ1v) is 9.19. The van der Waals surface area contributed by atoms with Gasteiger partial charge in [0.2, 0.25) is 10.0 Å². The zero-order valence-electron chi connectivity index (χ0n) is 9.89. The molecule has 0 radical (unpaired) electrons. The molecule has 0 aromatic carbocycles.